The minimum absolute atomic E-state index is 0.156. The van der Waals surface area contributed by atoms with Crippen LogP contribution >= 0.6 is 0 Å². The van der Waals surface area contributed by atoms with Crippen molar-refractivity contribution in [1.82, 2.24) is 5.32 Å². The van der Waals surface area contributed by atoms with Gasteiger partial charge >= 0.3 is 0 Å². The summed E-state index contributed by atoms with van der Waals surface area (Å²) in [6.07, 6.45) is 0.338. The molecule has 0 aliphatic carbocycles. The smallest absolute Gasteiger partial charge is 0.105 e. The zero-order valence-electron chi connectivity index (χ0n) is 9.83. The van der Waals surface area contributed by atoms with Gasteiger partial charge in [0.15, 0.2) is 0 Å². The number of aliphatic hydroxyl groups excluding tert-OH is 1. The maximum absolute atomic E-state index is 9.74. The molecular formula is C13H21NO. The Kier molecular flexibility index (Phi) is 4.30. The maximum Gasteiger partial charge on any atom is 0.105 e. The van der Waals surface area contributed by atoms with Crippen LogP contribution in [0.15, 0.2) is 30.3 Å². The summed E-state index contributed by atoms with van der Waals surface area (Å²) < 4.78 is 0. The zero-order chi connectivity index (χ0) is 11.3. The van der Waals surface area contributed by atoms with E-state index in [4.69, 9.17) is 0 Å². The van der Waals surface area contributed by atoms with Crippen LogP contribution < -0.4 is 5.32 Å². The minimum Gasteiger partial charge on any atom is -0.379 e. The van der Waals surface area contributed by atoms with E-state index in [9.17, 15) is 5.11 Å². The number of hydrogen-bond acceptors (Lipinski definition) is 2. The van der Waals surface area contributed by atoms with Crippen LogP contribution in [0.4, 0.5) is 0 Å². The molecule has 0 aromatic heterocycles. The molecule has 0 saturated heterocycles. The van der Waals surface area contributed by atoms with Gasteiger partial charge in [0.25, 0.3) is 0 Å². The minimum atomic E-state index is -0.426. The van der Waals surface area contributed by atoms with Crippen molar-refractivity contribution >= 4 is 0 Å². The fourth-order valence-corrected chi connectivity index (χ4v) is 1.48. The number of hydrogen-bond donors (Lipinski definition) is 2. The Morgan fingerprint density at radius 2 is 1.80 bits per heavy atom. The highest BCUT2D eigenvalue weighted by Crippen LogP contribution is 2.19. The average molecular weight is 207 g/mol. The molecule has 2 N–H and O–H groups in total. The molecule has 0 heterocycles. The lowest BCUT2D eigenvalue weighted by atomic mass is 9.91. The van der Waals surface area contributed by atoms with Gasteiger partial charge in [-0.2, -0.15) is 0 Å². The first kappa shape index (κ1) is 12.2. The highest BCUT2D eigenvalue weighted by molar-refractivity contribution is 5.14. The van der Waals surface area contributed by atoms with Gasteiger partial charge in [-0.25, -0.2) is 0 Å². The first-order chi connectivity index (χ1) is 6.97. The van der Waals surface area contributed by atoms with E-state index < -0.39 is 6.23 Å². The quantitative estimate of drug-likeness (QED) is 0.744. The molecule has 2 heteroatoms. The number of aliphatic hydroxyl groups is 1. The van der Waals surface area contributed by atoms with Gasteiger partial charge in [0.2, 0.25) is 0 Å². The molecular weight excluding hydrogens is 186 g/mol. The average Bonchev–Trinajstić information content (AvgIpc) is 2.14. The van der Waals surface area contributed by atoms with E-state index in [0.717, 1.165) is 13.0 Å². The molecule has 1 aromatic carbocycles. The first-order valence-corrected chi connectivity index (χ1v) is 5.43. The molecule has 0 radical (unpaired) electrons. The molecule has 1 aromatic rings. The summed E-state index contributed by atoms with van der Waals surface area (Å²) in [5.41, 5.74) is 1.36. The summed E-state index contributed by atoms with van der Waals surface area (Å²) >= 11 is 0. The third-order valence-corrected chi connectivity index (χ3v) is 2.19. The van der Waals surface area contributed by atoms with Crippen LogP contribution in [0.1, 0.15) is 32.8 Å². The van der Waals surface area contributed by atoms with Crippen molar-refractivity contribution in [3.8, 4) is 0 Å². The van der Waals surface area contributed by atoms with E-state index >= 15 is 0 Å². The molecule has 0 bridgehead atoms. The van der Waals surface area contributed by atoms with E-state index in [1.807, 2.05) is 18.2 Å². The molecule has 0 spiro atoms. The highest BCUT2D eigenvalue weighted by Gasteiger charge is 2.15. The lowest BCUT2D eigenvalue weighted by Crippen LogP contribution is -2.32. The molecule has 2 nitrogen and oxygen atoms in total. The van der Waals surface area contributed by atoms with Crippen LogP contribution in [0.3, 0.4) is 0 Å². The Labute approximate surface area is 92.3 Å². The van der Waals surface area contributed by atoms with Gasteiger partial charge in [0.1, 0.15) is 6.23 Å². The maximum atomic E-state index is 9.74. The van der Waals surface area contributed by atoms with Crippen LogP contribution in [0, 0.1) is 5.41 Å². The predicted octanol–water partition coefficient (Wildman–Crippen LogP) is 2.53. The molecule has 0 aliphatic rings. The molecule has 1 rings (SSSR count). The topological polar surface area (TPSA) is 32.3 Å². The van der Waals surface area contributed by atoms with E-state index in [1.54, 1.807) is 0 Å². The van der Waals surface area contributed by atoms with Crippen molar-refractivity contribution in [2.75, 3.05) is 0 Å². The third-order valence-electron chi connectivity index (χ3n) is 2.19. The molecule has 0 saturated carbocycles. The van der Waals surface area contributed by atoms with E-state index in [1.165, 1.54) is 5.56 Å². The Balaban J connectivity index is 2.32. The van der Waals surface area contributed by atoms with Crippen molar-refractivity contribution in [2.45, 2.75) is 40.0 Å². The highest BCUT2D eigenvalue weighted by atomic mass is 16.3. The van der Waals surface area contributed by atoms with Crippen LogP contribution in [0.5, 0.6) is 0 Å². The largest absolute Gasteiger partial charge is 0.379 e. The molecule has 84 valence electrons. The van der Waals surface area contributed by atoms with Gasteiger partial charge in [-0.1, -0.05) is 51.1 Å². The van der Waals surface area contributed by atoms with Gasteiger partial charge in [-0.15, -0.1) is 0 Å². The second-order valence-corrected chi connectivity index (χ2v) is 5.15. The van der Waals surface area contributed by atoms with Crippen molar-refractivity contribution in [3.63, 3.8) is 0 Å². The number of benzene rings is 1. The van der Waals surface area contributed by atoms with Crippen LogP contribution in [-0.4, -0.2) is 11.3 Å². The van der Waals surface area contributed by atoms with Crippen molar-refractivity contribution < 1.29 is 5.11 Å². The van der Waals surface area contributed by atoms with Gasteiger partial charge in [0, 0.05) is 6.54 Å². The second kappa shape index (κ2) is 5.29. The Bertz CT molecular complexity index is 276. The summed E-state index contributed by atoms with van der Waals surface area (Å²) in [6.45, 7) is 7.10. The predicted molar refractivity (Wildman–Crippen MR) is 63.4 cm³/mol. The third kappa shape index (κ3) is 5.55. The number of rotatable bonds is 4. The molecule has 1 unspecified atom stereocenters. The van der Waals surface area contributed by atoms with Crippen molar-refractivity contribution in [2.24, 2.45) is 5.41 Å². The lowest BCUT2D eigenvalue weighted by Gasteiger charge is -2.23. The van der Waals surface area contributed by atoms with Crippen molar-refractivity contribution in [3.05, 3.63) is 35.9 Å². The zero-order valence-corrected chi connectivity index (χ0v) is 9.83. The number of nitrogens with one attached hydrogen (secondary N) is 1. The molecule has 15 heavy (non-hydrogen) atoms. The van der Waals surface area contributed by atoms with E-state index in [0.29, 0.717) is 0 Å². The standard InChI is InChI=1S/C13H21NO/c1-13(2,3)9-12(15)14-10-11-7-5-4-6-8-11/h4-8,12,14-15H,9-10H2,1-3H3. The van der Waals surface area contributed by atoms with Crippen LogP contribution in [0.25, 0.3) is 0 Å². The Morgan fingerprint density at radius 3 is 2.33 bits per heavy atom. The summed E-state index contributed by atoms with van der Waals surface area (Å²) in [5.74, 6) is 0. The molecule has 0 amide bonds. The van der Waals surface area contributed by atoms with Crippen LogP contribution in [0.2, 0.25) is 0 Å². The summed E-state index contributed by atoms with van der Waals surface area (Å²) in [5, 5.41) is 12.8. The SMILES string of the molecule is CC(C)(C)CC(O)NCc1ccccc1. The van der Waals surface area contributed by atoms with Crippen LogP contribution in [-0.2, 0) is 6.54 Å². The van der Waals surface area contributed by atoms with Gasteiger partial charge in [-0.3, -0.25) is 5.32 Å². The normalized spacial score (nSPS) is 13.9. The first-order valence-electron chi connectivity index (χ1n) is 5.43. The summed E-state index contributed by atoms with van der Waals surface area (Å²) in [6, 6.07) is 10.1. The molecule has 0 aliphatic heterocycles. The molecule has 0 fully saturated rings. The Morgan fingerprint density at radius 1 is 1.20 bits per heavy atom. The second-order valence-electron chi connectivity index (χ2n) is 5.15. The summed E-state index contributed by atoms with van der Waals surface area (Å²) in [4.78, 5) is 0. The van der Waals surface area contributed by atoms with Gasteiger partial charge in [-0.05, 0) is 17.4 Å². The lowest BCUT2D eigenvalue weighted by molar-refractivity contribution is 0.0884. The van der Waals surface area contributed by atoms with E-state index in [-0.39, 0.29) is 5.41 Å². The van der Waals surface area contributed by atoms with Gasteiger partial charge in [0.05, 0.1) is 0 Å². The fraction of sp³-hybridized carbons (Fsp3) is 0.538. The monoisotopic (exact) mass is 207 g/mol. The summed E-state index contributed by atoms with van der Waals surface area (Å²) in [7, 11) is 0. The fourth-order valence-electron chi connectivity index (χ4n) is 1.48. The van der Waals surface area contributed by atoms with Gasteiger partial charge < -0.3 is 5.11 Å². The van der Waals surface area contributed by atoms with E-state index in [2.05, 4.69) is 38.2 Å². The van der Waals surface area contributed by atoms with Crippen molar-refractivity contribution in [1.29, 1.82) is 0 Å². The Hall–Kier alpha value is -0.860. The molecule has 1 atom stereocenters.